The molecule has 2 fully saturated rings. The third-order valence-corrected chi connectivity index (χ3v) is 3.47. The van der Waals surface area contributed by atoms with Gasteiger partial charge in [-0.05, 0) is 31.6 Å². The molecular formula is C11H22N2. The van der Waals surface area contributed by atoms with Gasteiger partial charge in [-0.2, -0.15) is 0 Å². The predicted octanol–water partition coefficient (Wildman–Crippen LogP) is 1.65. The van der Waals surface area contributed by atoms with Crippen molar-refractivity contribution < 1.29 is 0 Å². The van der Waals surface area contributed by atoms with Gasteiger partial charge in [-0.1, -0.05) is 19.3 Å². The second kappa shape index (κ2) is 4.43. The van der Waals surface area contributed by atoms with E-state index in [0.29, 0.717) is 6.04 Å². The summed E-state index contributed by atoms with van der Waals surface area (Å²) < 4.78 is 0. The predicted molar refractivity (Wildman–Crippen MR) is 55.6 cm³/mol. The van der Waals surface area contributed by atoms with E-state index in [2.05, 4.69) is 5.32 Å². The molecule has 0 radical (unpaired) electrons. The lowest BCUT2D eigenvalue weighted by Gasteiger charge is -2.24. The summed E-state index contributed by atoms with van der Waals surface area (Å²) in [5, 5.41) is 3.62. The maximum Gasteiger partial charge on any atom is 0.0194 e. The van der Waals surface area contributed by atoms with Crippen LogP contribution in [-0.4, -0.2) is 18.6 Å². The van der Waals surface area contributed by atoms with Crippen LogP contribution in [-0.2, 0) is 0 Å². The van der Waals surface area contributed by atoms with Crippen molar-refractivity contribution in [1.82, 2.24) is 5.32 Å². The van der Waals surface area contributed by atoms with E-state index >= 15 is 0 Å². The number of rotatable bonds is 4. The first-order valence-electron chi connectivity index (χ1n) is 5.85. The summed E-state index contributed by atoms with van der Waals surface area (Å²) in [7, 11) is 0. The highest BCUT2D eigenvalue weighted by atomic mass is 14.9. The molecule has 0 saturated heterocycles. The Morgan fingerprint density at radius 3 is 2.38 bits per heavy atom. The highest BCUT2D eigenvalue weighted by molar-refractivity contribution is 4.86. The van der Waals surface area contributed by atoms with Gasteiger partial charge in [0, 0.05) is 18.6 Å². The van der Waals surface area contributed by atoms with Crippen LogP contribution in [0.5, 0.6) is 0 Å². The Balaban J connectivity index is 1.60. The van der Waals surface area contributed by atoms with E-state index < -0.39 is 0 Å². The minimum Gasteiger partial charge on any atom is -0.326 e. The zero-order valence-electron chi connectivity index (χ0n) is 8.47. The molecule has 1 unspecified atom stereocenters. The first-order valence-corrected chi connectivity index (χ1v) is 5.85. The fourth-order valence-electron chi connectivity index (χ4n) is 2.30. The minimum absolute atomic E-state index is 0.432. The average Bonchev–Trinajstić information content (AvgIpc) is 2.99. The smallest absolute Gasteiger partial charge is 0.0194 e. The average molecular weight is 182 g/mol. The van der Waals surface area contributed by atoms with E-state index in [1.54, 1.807) is 0 Å². The van der Waals surface area contributed by atoms with Gasteiger partial charge in [0.05, 0.1) is 0 Å². The zero-order valence-corrected chi connectivity index (χ0v) is 8.47. The van der Waals surface area contributed by atoms with E-state index in [-0.39, 0.29) is 0 Å². The van der Waals surface area contributed by atoms with E-state index in [4.69, 9.17) is 5.73 Å². The molecule has 2 saturated carbocycles. The second-order valence-corrected chi connectivity index (χ2v) is 4.74. The maximum absolute atomic E-state index is 6.03. The van der Waals surface area contributed by atoms with Crippen LogP contribution in [0.1, 0.15) is 44.9 Å². The van der Waals surface area contributed by atoms with Crippen LogP contribution in [0.4, 0.5) is 0 Å². The standard InChI is InChI=1S/C11H22N2/c12-11(9-6-7-9)8-13-10-4-2-1-3-5-10/h9-11,13H,1-8,12H2. The number of nitrogens with two attached hydrogens (primary N) is 1. The van der Waals surface area contributed by atoms with Crippen LogP contribution < -0.4 is 11.1 Å². The van der Waals surface area contributed by atoms with E-state index in [9.17, 15) is 0 Å². The van der Waals surface area contributed by atoms with Gasteiger partial charge in [0.15, 0.2) is 0 Å². The van der Waals surface area contributed by atoms with E-state index in [0.717, 1.165) is 18.5 Å². The summed E-state index contributed by atoms with van der Waals surface area (Å²) in [5.41, 5.74) is 6.03. The molecule has 1 atom stereocenters. The molecule has 2 aliphatic rings. The molecule has 0 spiro atoms. The molecule has 0 amide bonds. The van der Waals surface area contributed by atoms with Crippen LogP contribution in [0.3, 0.4) is 0 Å². The summed E-state index contributed by atoms with van der Waals surface area (Å²) >= 11 is 0. The summed E-state index contributed by atoms with van der Waals surface area (Å²) in [6.07, 6.45) is 9.75. The molecule has 0 aromatic heterocycles. The molecule has 2 aliphatic carbocycles. The number of hydrogen-bond acceptors (Lipinski definition) is 2. The Bertz CT molecular complexity index is 148. The van der Waals surface area contributed by atoms with Crippen LogP contribution in [0.25, 0.3) is 0 Å². The number of hydrogen-bond donors (Lipinski definition) is 2. The van der Waals surface area contributed by atoms with Crippen molar-refractivity contribution >= 4 is 0 Å². The van der Waals surface area contributed by atoms with Crippen LogP contribution in [0, 0.1) is 5.92 Å². The zero-order chi connectivity index (χ0) is 9.10. The number of nitrogens with one attached hydrogen (secondary N) is 1. The van der Waals surface area contributed by atoms with Gasteiger partial charge < -0.3 is 11.1 Å². The molecule has 2 rings (SSSR count). The van der Waals surface area contributed by atoms with Gasteiger partial charge >= 0.3 is 0 Å². The first kappa shape index (κ1) is 9.47. The molecule has 3 N–H and O–H groups in total. The molecule has 2 heteroatoms. The molecule has 2 nitrogen and oxygen atoms in total. The molecular weight excluding hydrogens is 160 g/mol. The van der Waals surface area contributed by atoms with E-state index in [1.807, 2.05) is 0 Å². The summed E-state index contributed by atoms with van der Waals surface area (Å²) in [6.45, 7) is 1.05. The third kappa shape index (κ3) is 2.96. The Kier molecular flexibility index (Phi) is 3.23. The summed E-state index contributed by atoms with van der Waals surface area (Å²) in [4.78, 5) is 0. The fourth-order valence-corrected chi connectivity index (χ4v) is 2.30. The molecule has 13 heavy (non-hydrogen) atoms. The maximum atomic E-state index is 6.03. The van der Waals surface area contributed by atoms with Crippen LogP contribution >= 0.6 is 0 Å². The minimum atomic E-state index is 0.432. The van der Waals surface area contributed by atoms with Crippen molar-refractivity contribution in [2.45, 2.75) is 57.0 Å². The van der Waals surface area contributed by atoms with Gasteiger partial charge in [0.1, 0.15) is 0 Å². The summed E-state index contributed by atoms with van der Waals surface area (Å²) in [5.74, 6) is 0.844. The molecule has 76 valence electrons. The molecule has 0 heterocycles. The Morgan fingerprint density at radius 2 is 1.77 bits per heavy atom. The monoisotopic (exact) mass is 182 g/mol. The van der Waals surface area contributed by atoms with Crippen molar-refractivity contribution in [3.63, 3.8) is 0 Å². The Morgan fingerprint density at radius 1 is 1.08 bits per heavy atom. The van der Waals surface area contributed by atoms with Crippen molar-refractivity contribution in [3.8, 4) is 0 Å². The fraction of sp³-hybridized carbons (Fsp3) is 1.00. The van der Waals surface area contributed by atoms with Crippen molar-refractivity contribution in [3.05, 3.63) is 0 Å². The lowest BCUT2D eigenvalue weighted by molar-refractivity contribution is 0.358. The third-order valence-electron chi connectivity index (χ3n) is 3.47. The van der Waals surface area contributed by atoms with Gasteiger partial charge in [0.25, 0.3) is 0 Å². The van der Waals surface area contributed by atoms with Crippen LogP contribution in [0.15, 0.2) is 0 Å². The van der Waals surface area contributed by atoms with Crippen molar-refractivity contribution in [2.24, 2.45) is 11.7 Å². The Hall–Kier alpha value is -0.0800. The van der Waals surface area contributed by atoms with Gasteiger partial charge in [-0.25, -0.2) is 0 Å². The molecule has 0 aromatic rings. The quantitative estimate of drug-likeness (QED) is 0.693. The lowest BCUT2D eigenvalue weighted by atomic mass is 9.95. The Labute approximate surface area is 81.3 Å². The SMILES string of the molecule is NC(CNC1CCCCC1)C1CC1. The molecule has 0 aliphatic heterocycles. The highest BCUT2D eigenvalue weighted by Gasteiger charge is 2.28. The first-order chi connectivity index (χ1) is 6.36. The van der Waals surface area contributed by atoms with E-state index in [1.165, 1.54) is 44.9 Å². The molecule has 0 aromatic carbocycles. The van der Waals surface area contributed by atoms with Crippen molar-refractivity contribution in [2.75, 3.05) is 6.54 Å². The molecule has 0 bridgehead atoms. The van der Waals surface area contributed by atoms with Crippen molar-refractivity contribution in [1.29, 1.82) is 0 Å². The van der Waals surface area contributed by atoms with Gasteiger partial charge in [0.2, 0.25) is 0 Å². The topological polar surface area (TPSA) is 38.0 Å². The van der Waals surface area contributed by atoms with Crippen LogP contribution in [0.2, 0.25) is 0 Å². The lowest BCUT2D eigenvalue weighted by Crippen LogP contribution is -2.41. The van der Waals surface area contributed by atoms with Gasteiger partial charge in [-0.15, -0.1) is 0 Å². The largest absolute Gasteiger partial charge is 0.326 e. The highest BCUT2D eigenvalue weighted by Crippen LogP contribution is 2.31. The normalized spacial score (nSPS) is 27.5. The summed E-state index contributed by atoms with van der Waals surface area (Å²) in [6, 6.07) is 1.21. The second-order valence-electron chi connectivity index (χ2n) is 4.74. The van der Waals surface area contributed by atoms with Gasteiger partial charge in [-0.3, -0.25) is 0 Å².